The Morgan fingerprint density at radius 1 is 1.25 bits per heavy atom. The fraction of sp³-hybridized carbons (Fsp3) is 0.263. The number of Topliss-reactive ketones (excluding diaryl/α,β-unsaturated/α-hetero) is 1. The third-order valence-corrected chi connectivity index (χ3v) is 4.14. The lowest BCUT2D eigenvalue weighted by Crippen LogP contribution is -2.30. The highest BCUT2D eigenvalue weighted by Gasteiger charge is 2.45. The summed E-state index contributed by atoms with van der Waals surface area (Å²) in [5.74, 6) is -0.214. The number of benzene rings is 1. The SMILES string of the molecule is CCC(=O)C1=C(O)C(=O)N(c2cccc(C)c2)C1c1ccc(C)o1. The fourth-order valence-corrected chi connectivity index (χ4v) is 2.99. The van der Waals surface area contributed by atoms with E-state index in [0.717, 1.165) is 5.56 Å². The van der Waals surface area contributed by atoms with Gasteiger partial charge in [-0.3, -0.25) is 14.5 Å². The topological polar surface area (TPSA) is 70.8 Å². The highest BCUT2D eigenvalue weighted by atomic mass is 16.3. The van der Waals surface area contributed by atoms with E-state index in [-0.39, 0.29) is 17.8 Å². The summed E-state index contributed by atoms with van der Waals surface area (Å²) < 4.78 is 5.68. The minimum atomic E-state index is -0.750. The molecule has 3 rings (SSSR count). The first kappa shape index (κ1) is 16.1. The molecule has 1 aliphatic rings. The predicted octanol–water partition coefficient (Wildman–Crippen LogP) is 3.78. The van der Waals surface area contributed by atoms with Gasteiger partial charge in [0.25, 0.3) is 5.91 Å². The molecule has 2 aromatic rings. The molecule has 0 spiro atoms. The van der Waals surface area contributed by atoms with Crippen molar-refractivity contribution in [1.82, 2.24) is 0 Å². The van der Waals surface area contributed by atoms with Gasteiger partial charge in [-0.15, -0.1) is 0 Å². The minimum Gasteiger partial charge on any atom is -0.503 e. The zero-order valence-corrected chi connectivity index (χ0v) is 13.9. The molecule has 2 heterocycles. The van der Waals surface area contributed by atoms with E-state index < -0.39 is 17.7 Å². The van der Waals surface area contributed by atoms with Crippen LogP contribution in [0.15, 0.2) is 52.1 Å². The molecule has 1 amide bonds. The van der Waals surface area contributed by atoms with Crippen LogP contribution in [-0.2, 0) is 9.59 Å². The average molecular weight is 325 g/mol. The van der Waals surface area contributed by atoms with Crippen LogP contribution in [0.3, 0.4) is 0 Å². The van der Waals surface area contributed by atoms with E-state index in [0.29, 0.717) is 17.2 Å². The van der Waals surface area contributed by atoms with Gasteiger partial charge in [0.2, 0.25) is 0 Å². The number of aliphatic hydroxyl groups is 1. The first-order valence-corrected chi connectivity index (χ1v) is 7.87. The molecule has 1 aliphatic heterocycles. The first-order valence-electron chi connectivity index (χ1n) is 7.87. The standard InChI is InChI=1S/C19H19NO4/c1-4-14(21)16-17(15-9-8-12(3)24-15)20(19(23)18(16)22)13-7-5-6-11(2)10-13/h5-10,17,22H,4H2,1-3H3. The molecule has 1 aromatic heterocycles. The summed E-state index contributed by atoms with van der Waals surface area (Å²) >= 11 is 0. The smallest absolute Gasteiger partial charge is 0.294 e. The zero-order chi connectivity index (χ0) is 17.4. The minimum absolute atomic E-state index is 0.0957. The largest absolute Gasteiger partial charge is 0.503 e. The van der Waals surface area contributed by atoms with E-state index >= 15 is 0 Å². The van der Waals surface area contributed by atoms with Crippen molar-refractivity contribution in [1.29, 1.82) is 0 Å². The lowest BCUT2D eigenvalue weighted by atomic mass is 9.99. The first-order chi connectivity index (χ1) is 11.4. The van der Waals surface area contributed by atoms with Gasteiger partial charge in [0.15, 0.2) is 11.5 Å². The molecule has 1 atom stereocenters. The Morgan fingerprint density at radius 3 is 2.58 bits per heavy atom. The molecule has 0 bridgehead atoms. The number of carbonyl (C=O) groups excluding carboxylic acids is 2. The summed E-state index contributed by atoms with van der Waals surface area (Å²) in [5, 5.41) is 10.3. The Morgan fingerprint density at radius 2 is 2.00 bits per heavy atom. The number of aliphatic hydroxyl groups excluding tert-OH is 1. The summed E-state index contributed by atoms with van der Waals surface area (Å²) in [7, 11) is 0. The van der Waals surface area contributed by atoms with Crippen LogP contribution < -0.4 is 4.90 Å². The Labute approximate surface area is 140 Å². The normalized spacial score (nSPS) is 17.7. The van der Waals surface area contributed by atoms with Gasteiger partial charge in [0.05, 0.1) is 5.57 Å². The molecular weight excluding hydrogens is 306 g/mol. The number of furan rings is 1. The molecule has 0 fully saturated rings. The summed E-state index contributed by atoms with van der Waals surface area (Å²) in [6, 6.07) is 10.1. The number of carbonyl (C=O) groups is 2. The average Bonchev–Trinajstić information content (AvgIpc) is 3.09. The molecule has 0 aliphatic carbocycles. The number of amides is 1. The molecule has 24 heavy (non-hydrogen) atoms. The second kappa shape index (κ2) is 6.00. The van der Waals surface area contributed by atoms with Gasteiger partial charge in [0.1, 0.15) is 17.6 Å². The number of rotatable bonds is 4. The lowest BCUT2D eigenvalue weighted by molar-refractivity contribution is -0.118. The van der Waals surface area contributed by atoms with Crippen LogP contribution >= 0.6 is 0 Å². The van der Waals surface area contributed by atoms with Crippen LogP contribution in [0.2, 0.25) is 0 Å². The molecule has 0 saturated carbocycles. The Kier molecular flexibility index (Phi) is 4.01. The zero-order valence-electron chi connectivity index (χ0n) is 13.9. The molecule has 1 N–H and O–H groups in total. The van der Waals surface area contributed by atoms with Gasteiger partial charge in [-0.2, -0.15) is 0 Å². The second-order valence-electron chi connectivity index (χ2n) is 5.90. The van der Waals surface area contributed by atoms with E-state index in [2.05, 4.69) is 0 Å². The molecule has 5 heteroatoms. The van der Waals surface area contributed by atoms with E-state index in [1.165, 1.54) is 4.90 Å². The van der Waals surface area contributed by atoms with Gasteiger partial charge in [-0.05, 0) is 43.7 Å². The number of hydrogen-bond acceptors (Lipinski definition) is 4. The maximum atomic E-state index is 12.7. The van der Waals surface area contributed by atoms with Crippen molar-refractivity contribution in [2.45, 2.75) is 33.2 Å². The van der Waals surface area contributed by atoms with Crippen molar-refractivity contribution in [3.63, 3.8) is 0 Å². The van der Waals surface area contributed by atoms with Crippen molar-refractivity contribution < 1.29 is 19.1 Å². The molecule has 1 aromatic carbocycles. The Balaban J connectivity index is 2.18. The molecule has 1 unspecified atom stereocenters. The predicted molar refractivity (Wildman–Crippen MR) is 89.8 cm³/mol. The van der Waals surface area contributed by atoms with Crippen LogP contribution in [0.4, 0.5) is 5.69 Å². The maximum absolute atomic E-state index is 12.7. The van der Waals surface area contributed by atoms with Gasteiger partial charge in [0, 0.05) is 12.1 Å². The number of hydrogen-bond donors (Lipinski definition) is 1. The third kappa shape index (κ3) is 2.52. The summed E-state index contributed by atoms with van der Waals surface area (Å²) in [6.07, 6.45) is 0.199. The third-order valence-electron chi connectivity index (χ3n) is 4.14. The van der Waals surface area contributed by atoms with Crippen LogP contribution in [-0.4, -0.2) is 16.8 Å². The van der Waals surface area contributed by atoms with E-state index in [1.54, 1.807) is 32.0 Å². The molecule has 124 valence electrons. The van der Waals surface area contributed by atoms with Crippen molar-refractivity contribution in [3.05, 3.63) is 64.8 Å². The monoisotopic (exact) mass is 325 g/mol. The van der Waals surface area contributed by atoms with Crippen molar-refractivity contribution in [2.24, 2.45) is 0 Å². The molecule has 0 radical (unpaired) electrons. The molecular formula is C19H19NO4. The molecule has 5 nitrogen and oxygen atoms in total. The van der Waals surface area contributed by atoms with Crippen LogP contribution in [0, 0.1) is 13.8 Å². The van der Waals surface area contributed by atoms with E-state index in [4.69, 9.17) is 4.42 Å². The van der Waals surface area contributed by atoms with Crippen LogP contribution in [0.25, 0.3) is 0 Å². The fourth-order valence-electron chi connectivity index (χ4n) is 2.99. The van der Waals surface area contributed by atoms with Gasteiger partial charge < -0.3 is 9.52 Å². The van der Waals surface area contributed by atoms with Crippen molar-refractivity contribution in [2.75, 3.05) is 4.90 Å². The molecule has 0 saturated heterocycles. The van der Waals surface area contributed by atoms with Crippen molar-refractivity contribution >= 4 is 17.4 Å². The number of ketones is 1. The highest BCUT2D eigenvalue weighted by Crippen LogP contribution is 2.41. The second-order valence-corrected chi connectivity index (χ2v) is 5.90. The number of anilines is 1. The summed E-state index contributed by atoms with van der Waals surface area (Å²) in [6.45, 7) is 5.41. The van der Waals surface area contributed by atoms with Gasteiger partial charge >= 0.3 is 0 Å². The number of nitrogens with zero attached hydrogens (tertiary/aromatic N) is 1. The van der Waals surface area contributed by atoms with Gasteiger partial charge in [-0.25, -0.2) is 0 Å². The number of aryl methyl sites for hydroxylation is 2. The quantitative estimate of drug-likeness (QED) is 0.929. The van der Waals surface area contributed by atoms with E-state index in [1.807, 2.05) is 25.1 Å². The maximum Gasteiger partial charge on any atom is 0.294 e. The Hall–Kier alpha value is -2.82. The Bertz CT molecular complexity index is 847. The van der Waals surface area contributed by atoms with Crippen LogP contribution in [0.5, 0.6) is 0 Å². The van der Waals surface area contributed by atoms with E-state index in [9.17, 15) is 14.7 Å². The lowest BCUT2D eigenvalue weighted by Gasteiger charge is -2.25. The van der Waals surface area contributed by atoms with Crippen LogP contribution in [0.1, 0.15) is 36.5 Å². The highest BCUT2D eigenvalue weighted by molar-refractivity contribution is 6.16. The summed E-state index contributed by atoms with van der Waals surface area (Å²) in [5.41, 5.74) is 1.69. The van der Waals surface area contributed by atoms with Gasteiger partial charge in [-0.1, -0.05) is 19.1 Å². The van der Waals surface area contributed by atoms with Crippen molar-refractivity contribution in [3.8, 4) is 0 Å². The summed E-state index contributed by atoms with van der Waals surface area (Å²) in [4.78, 5) is 26.4.